The predicted octanol–water partition coefficient (Wildman–Crippen LogP) is 2.72. The van der Waals surface area contributed by atoms with Gasteiger partial charge in [0.05, 0.1) is 32.5 Å². The molecule has 1 fully saturated rings. The normalized spacial score (nSPS) is 17.3. The quantitative estimate of drug-likeness (QED) is 0.376. The standard InChI is InChI=1S/C20H29N5O2.HI/c1-4-21-20(22-11-16-7-5-6-8-17(16)15-26-3)25-9-10-27-19(14-25)18-12-23-24(2)13-18;/h5-8,12-13,19H,4,9-11,14-15H2,1-3H3,(H,21,22);1H. The number of aryl methyl sites for hydroxylation is 1. The van der Waals surface area contributed by atoms with Gasteiger partial charge in [-0.15, -0.1) is 24.0 Å². The summed E-state index contributed by atoms with van der Waals surface area (Å²) in [6.07, 6.45) is 3.90. The minimum Gasteiger partial charge on any atom is -0.380 e. The molecule has 28 heavy (non-hydrogen) atoms. The van der Waals surface area contributed by atoms with E-state index in [-0.39, 0.29) is 30.1 Å². The van der Waals surface area contributed by atoms with Gasteiger partial charge in [-0.3, -0.25) is 4.68 Å². The minimum atomic E-state index is 0. The molecular formula is C20H30IN5O2. The lowest BCUT2D eigenvalue weighted by atomic mass is 10.1. The van der Waals surface area contributed by atoms with Gasteiger partial charge >= 0.3 is 0 Å². The maximum absolute atomic E-state index is 5.96. The Morgan fingerprint density at radius 1 is 1.36 bits per heavy atom. The van der Waals surface area contributed by atoms with Crippen LogP contribution in [0.1, 0.15) is 29.7 Å². The van der Waals surface area contributed by atoms with Crippen LogP contribution in [0.5, 0.6) is 0 Å². The van der Waals surface area contributed by atoms with Crippen molar-refractivity contribution in [3.05, 3.63) is 53.3 Å². The third-order valence-corrected chi connectivity index (χ3v) is 4.61. The highest BCUT2D eigenvalue weighted by Gasteiger charge is 2.25. The molecule has 1 aliphatic heterocycles. The van der Waals surface area contributed by atoms with Crippen molar-refractivity contribution in [2.24, 2.45) is 12.0 Å². The number of nitrogens with one attached hydrogen (secondary N) is 1. The van der Waals surface area contributed by atoms with Gasteiger partial charge in [0.25, 0.3) is 0 Å². The van der Waals surface area contributed by atoms with E-state index in [0.717, 1.165) is 31.2 Å². The molecule has 3 rings (SSSR count). The van der Waals surface area contributed by atoms with Gasteiger partial charge in [0.15, 0.2) is 5.96 Å². The smallest absolute Gasteiger partial charge is 0.194 e. The molecule has 1 aromatic heterocycles. The molecule has 1 atom stereocenters. The molecule has 0 aliphatic carbocycles. The van der Waals surface area contributed by atoms with Crippen LogP contribution in [0.4, 0.5) is 0 Å². The van der Waals surface area contributed by atoms with E-state index in [1.54, 1.807) is 7.11 Å². The molecule has 1 unspecified atom stereocenters. The van der Waals surface area contributed by atoms with Gasteiger partial charge < -0.3 is 19.7 Å². The van der Waals surface area contributed by atoms with Crippen molar-refractivity contribution in [1.29, 1.82) is 0 Å². The minimum absolute atomic E-state index is 0. The van der Waals surface area contributed by atoms with Gasteiger partial charge in [0.1, 0.15) is 6.10 Å². The fourth-order valence-corrected chi connectivity index (χ4v) is 3.24. The molecule has 154 valence electrons. The van der Waals surface area contributed by atoms with Gasteiger partial charge in [0, 0.05) is 39.0 Å². The molecule has 1 aromatic carbocycles. The van der Waals surface area contributed by atoms with E-state index in [1.165, 1.54) is 11.1 Å². The Bertz CT molecular complexity index is 765. The molecule has 0 saturated carbocycles. The van der Waals surface area contributed by atoms with Crippen LogP contribution in [-0.4, -0.2) is 54.0 Å². The zero-order chi connectivity index (χ0) is 19.1. The highest BCUT2D eigenvalue weighted by Crippen LogP contribution is 2.22. The van der Waals surface area contributed by atoms with Crippen molar-refractivity contribution < 1.29 is 9.47 Å². The summed E-state index contributed by atoms with van der Waals surface area (Å²) in [6.45, 7) is 6.39. The molecule has 0 bridgehead atoms. The van der Waals surface area contributed by atoms with E-state index in [0.29, 0.717) is 19.8 Å². The number of halogens is 1. The first-order valence-corrected chi connectivity index (χ1v) is 9.40. The maximum atomic E-state index is 5.96. The summed E-state index contributed by atoms with van der Waals surface area (Å²) in [4.78, 5) is 7.15. The SMILES string of the molecule is CCNC(=NCc1ccccc1COC)N1CCOC(c2cnn(C)c2)C1.I. The van der Waals surface area contributed by atoms with Gasteiger partial charge in [-0.05, 0) is 18.1 Å². The van der Waals surface area contributed by atoms with Gasteiger partial charge in [-0.1, -0.05) is 24.3 Å². The molecule has 7 nitrogen and oxygen atoms in total. The van der Waals surface area contributed by atoms with Crippen LogP contribution in [-0.2, 0) is 29.7 Å². The molecule has 1 aliphatic rings. The largest absolute Gasteiger partial charge is 0.380 e. The fourth-order valence-electron chi connectivity index (χ4n) is 3.24. The van der Waals surface area contributed by atoms with Crippen LogP contribution in [0.25, 0.3) is 0 Å². The summed E-state index contributed by atoms with van der Waals surface area (Å²) in [6, 6.07) is 8.28. The van der Waals surface area contributed by atoms with E-state index in [4.69, 9.17) is 14.5 Å². The Kier molecular flexibility index (Phi) is 9.20. The first-order valence-electron chi connectivity index (χ1n) is 9.40. The third kappa shape index (κ3) is 5.92. The lowest BCUT2D eigenvalue weighted by Gasteiger charge is -2.34. The van der Waals surface area contributed by atoms with Crippen molar-refractivity contribution in [1.82, 2.24) is 20.0 Å². The summed E-state index contributed by atoms with van der Waals surface area (Å²) in [5, 5.41) is 7.68. The highest BCUT2D eigenvalue weighted by molar-refractivity contribution is 14.0. The van der Waals surface area contributed by atoms with Crippen molar-refractivity contribution in [2.75, 3.05) is 33.4 Å². The number of benzene rings is 1. The topological polar surface area (TPSA) is 63.9 Å². The van der Waals surface area contributed by atoms with Crippen LogP contribution in [0, 0.1) is 0 Å². The molecule has 0 radical (unpaired) electrons. The number of methoxy groups -OCH3 is 1. The number of ether oxygens (including phenoxy) is 2. The highest BCUT2D eigenvalue weighted by atomic mass is 127. The van der Waals surface area contributed by atoms with E-state index < -0.39 is 0 Å². The number of hydrogen-bond donors (Lipinski definition) is 1. The van der Waals surface area contributed by atoms with E-state index in [1.807, 2.05) is 36.3 Å². The molecular weight excluding hydrogens is 469 g/mol. The number of nitrogens with zero attached hydrogens (tertiary/aromatic N) is 4. The average Bonchev–Trinajstić information content (AvgIpc) is 3.13. The Morgan fingerprint density at radius 3 is 2.82 bits per heavy atom. The Balaban J connectivity index is 0.00000280. The number of morpholine rings is 1. The van der Waals surface area contributed by atoms with E-state index in [2.05, 4.69) is 34.4 Å². The fraction of sp³-hybridized carbons (Fsp3) is 0.500. The first-order chi connectivity index (χ1) is 13.2. The van der Waals surface area contributed by atoms with Crippen LogP contribution < -0.4 is 5.32 Å². The number of aliphatic imine (C=N–C) groups is 1. The van der Waals surface area contributed by atoms with Crippen LogP contribution in [0.2, 0.25) is 0 Å². The Hall–Kier alpha value is -1.65. The molecule has 1 saturated heterocycles. The Morgan fingerprint density at radius 2 is 2.14 bits per heavy atom. The zero-order valence-electron chi connectivity index (χ0n) is 16.8. The first kappa shape index (κ1) is 22.6. The number of aromatic nitrogens is 2. The second-order valence-electron chi connectivity index (χ2n) is 6.62. The lowest BCUT2D eigenvalue weighted by molar-refractivity contribution is -0.00805. The molecule has 2 heterocycles. The van der Waals surface area contributed by atoms with Gasteiger partial charge in [-0.2, -0.15) is 5.10 Å². The molecule has 8 heteroatoms. The Labute approximate surface area is 184 Å². The summed E-state index contributed by atoms with van der Waals surface area (Å²) >= 11 is 0. The summed E-state index contributed by atoms with van der Waals surface area (Å²) in [7, 11) is 3.64. The molecule has 0 amide bonds. The number of rotatable bonds is 6. The average molecular weight is 499 g/mol. The molecule has 1 N–H and O–H groups in total. The second kappa shape index (κ2) is 11.4. The summed E-state index contributed by atoms with van der Waals surface area (Å²) < 4.78 is 13.1. The van der Waals surface area contributed by atoms with Crippen molar-refractivity contribution >= 4 is 29.9 Å². The van der Waals surface area contributed by atoms with Gasteiger partial charge in [-0.25, -0.2) is 4.99 Å². The van der Waals surface area contributed by atoms with Crippen molar-refractivity contribution in [3.8, 4) is 0 Å². The second-order valence-corrected chi connectivity index (χ2v) is 6.62. The zero-order valence-corrected chi connectivity index (χ0v) is 19.1. The predicted molar refractivity (Wildman–Crippen MR) is 121 cm³/mol. The van der Waals surface area contributed by atoms with Crippen LogP contribution in [0.3, 0.4) is 0 Å². The summed E-state index contributed by atoms with van der Waals surface area (Å²) in [5.41, 5.74) is 3.46. The molecule has 0 spiro atoms. The third-order valence-electron chi connectivity index (χ3n) is 4.61. The maximum Gasteiger partial charge on any atom is 0.194 e. The van der Waals surface area contributed by atoms with Crippen LogP contribution >= 0.6 is 24.0 Å². The molecule has 2 aromatic rings. The number of hydrogen-bond acceptors (Lipinski definition) is 4. The van der Waals surface area contributed by atoms with Crippen molar-refractivity contribution in [3.63, 3.8) is 0 Å². The van der Waals surface area contributed by atoms with E-state index in [9.17, 15) is 0 Å². The van der Waals surface area contributed by atoms with Crippen LogP contribution in [0.15, 0.2) is 41.7 Å². The van der Waals surface area contributed by atoms with E-state index >= 15 is 0 Å². The number of guanidine groups is 1. The lowest BCUT2D eigenvalue weighted by Crippen LogP contribution is -2.48. The van der Waals surface area contributed by atoms with Crippen molar-refractivity contribution in [2.45, 2.75) is 26.2 Å². The summed E-state index contributed by atoms with van der Waals surface area (Å²) in [5.74, 6) is 0.918. The van der Waals surface area contributed by atoms with Gasteiger partial charge in [0.2, 0.25) is 0 Å². The monoisotopic (exact) mass is 499 g/mol.